The molecule has 0 radical (unpaired) electrons. The molecule has 23 heavy (non-hydrogen) atoms. The van der Waals surface area contributed by atoms with Gasteiger partial charge in [-0.05, 0) is 42.8 Å². The number of halogens is 1. The second kappa shape index (κ2) is 6.26. The van der Waals surface area contributed by atoms with Crippen molar-refractivity contribution in [3.63, 3.8) is 0 Å². The fourth-order valence-corrected chi connectivity index (χ4v) is 5.96. The monoisotopic (exact) mass is 366 g/mol. The molecule has 6 heteroatoms. The normalized spacial score (nSPS) is 28.6. The van der Waals surface area contributed by atoms with E-state index in [1.165, 1.54) is 24.8 Å². The summed E-state index contributed by atoms with van der Waals surface area (Å²) in [5.41, 5.74) is 1.17. The Balaban J connectivity index is 1.60. The first kappa shape index (κ1) is 15.7. The van der Waals surface area contributed by atoms with Crippen molar-refractivity contribution in [2.24, 2.45) is 0 Å². The number of amides is 1. The lowest BCUT2D eigenvalue weighted by molar-refractivity contribution is -0.129. The van der Waals surface area contributed by atoms with Crippen molar-refractivity contribution in [3.8, 4) is 0 Å². The van der Waals surface area contributed by atoms with E-state index in [2.05, 4.69) is 4.90 Å². The van der Waals surface area contributed by atoms with E-state index >= 15 is 0 Å². The van der Waals surface area contributed by atoms with Crippen molar-refractivity contribution in [1.82, 2.24) is 9.80 Å². The van der Waals surface area contributed by atoms with Gasteiger partial charge in [-0.15, -0.1) is 11.8 Å². The van der Waals surface area contributed by atoms with E-state index < -0.39 is 0 Å². The Hall–Kier alpha value is -0.780. The van der Waals surface area contributed by atoms with Crippen LogP contribution in [-0.4, -0.2) is 38.7 Å². The maximum Gasteiger partial charge on any atom is 0.252 e. The maximum absolute atomic E-state index is 12.9. The molecule has 122 valence electrons. The van der Waals surface area contributed by atoms with Gasteiger partial charge in [-0.3, -0.25) is 9.69 Å². The van der Waals surface area contributed by atoms with Crippen molar-refractivity contribution in [2.45, 2.75) is 49.6 Å². The van der Waals surface area contributed by atoms with Gasteiger partial charge in [0.2, 0.25) is 0 Å². The third-order valence-electron chi connectivity index (χ3n) is 5.04. The molecule has 0 N–H and O–H groups in total. The van der Waals surface area contributed by atoms with Gasteiger partial charge < -0.3 is 4.90 Å². The van der Waals surface area contributed by atoms with Gasteiger partial charge in [0.05, 0.1) is 0 Å². The lowest BCUT2D eigenvalue weighted by atomic mass is 9.94. The number of carbonyl (C=O) groups is 1. The average molecular weight is 367 g/mol. The lowest BCUT2D eigenvalue weighted by Gasteiger charge is -2.32. The Morgan fingerprint density at radius 3 is 2.52 bits per heavy atom. The van der Waals surface area contributed by atoms with Crippen molar-refractivity contribution < 1.29 is 4.79 Å². The summed E-state index contributed by atoms with van der Waals surface area (Å²) in [6.45, 7) is 0. The first-order chi connectivity index (χ1) is 11.2. The van der Waals surface area contributed by atoms with Gasteiger partial charge in [0.25, 0.3) is 5.91 Å². The maximum atomic E-state index is 12.9. The van der Waals surface area contributed by atoms with Crippen LogP contribution in [0.5, 0.6) is 0 Å². The number of nitrogens with zero attached hydrogens (tertiary/aromatic N) is 2. The van der Waals surface area contributed by atoms with Crippen molar-refractivity contribution in [2.75, 3.05) is 5.75 Å². The van der Waals surface area contributed by atoms with E-state index in [1.54, 1.807) is 11.8 Å². The highest BCUT2D eigenvalue weighted by atomic mass is 35.5. The zero-order valence-electron chi connectivity index (χ0n) is 12.8. The molecule has 3 aliphatic rings. The van der Waals surface area contributed by atoms with Crippen LogP contribution in [0.1, 0.15) is 43.0 Å². The van der Waals surface area contributed by atoms with Crippen LogP contribution in [0.25, 0.3) is 0 Å². The van der Waals surface area contributed by atoms with Crippen LogP contribution in [0.3, 0.4) is 0 Å². The van der Waals surface area contributed by atoms with Crippen LogP contribution in [0.2, 0.25) is 5.02 Å². The van der Waals surface area contributed by atoms with E-state index in [0.717, 1.165) is 28.7 Å². The average Bonchev–Trinajstić information content (AvgIpc) is 3.10. The molecule has 4 rings (SSSR count). The molecule has 2 atom stereocenters. The van der Waals surface area contributed by atoms with E-state index in [-0.39, 0.29) is 17.3 Å². The molecule has 0 bridgehead atoms. The molecule has 2 aliphatic heterocycles. The zero-order valence-corrected chi connectivity index (χ0v) is 15.2. The van der Waals surface area contributed by atoms with Gasteiger partial charge >= 0.3 is 0 Å². The molecule has 1 saturated carbocycles. The third kappa shape index (κ3) is 2.67. The minimum atomic E-state index is -0.0879. The minimum absolute atomic E-state index is 0.0879. The highest BCUT2D eigenvalue weighted by molar-refractivity contribution is 7.99. The van der Waals surface area contributed by atoms with E-state index in [0.29, 0.717) is 6.04 Å². The zero-order chi connectivity index (χ0) is 16.0. The molecule has 2 heterocycles. The summed E-state index contributed by atoms with van der Waals surface area (Å²) < 4.78 is 0. The number of rotatable bonds is 2. The van der Waals surface area contributed by atoms with Gasteiger partial charge in [0, 0.05) is 16.8 Å². The second-order valence-electron chi connectivity index (χ2n) is 6.44. The SMILES string of the molecule is O=C1[C@@H]2CS[C@@H](c3ccc(Cl)cc3)N2C(=S)N1C1CCCCC1. The van der Waals surface area contributed by atoms with E-state index in [4.69, 9.17) is 23.8 Å². The highest BCUT2D eigenvalue weighted by Gasteiger charge is 2.52. The smallest absolute Gasteiger partial charge is 0.252 e. The summed E-state index contributed by atoms with van der Waals surface area (Å²) in [6.07, 6.45) is 5.87. The van der Waals surface area contributed by atoms with Crippen molar-refractivity contribution in [3.05, 3.63) is 34.9 Å². The van der Waals surface area contributed by atoms with Crippen LogP contribution < -0.4 is 0 Å². The predicted octanol–water partition coefficient (Wildman–Crippen LogP) is 4.22. The Bertz CT molecular complexity index is 630. The van der Waals surface area contributed by atoms with Gasteiger partial charge in [0.1, 0.15) is 11.4 Å². The topological polar surface area (TPSA) is 23.6 Å². The van der Waals surface area contributed by atoms with E-state index in [9.17, 15) is 4.79 Å². The van der Waals surface area contributed by atoms with Gasteiger partial charge in [-0.1, -0.05) is 43.0 Å². The summed E-state index contributed by atoms with van der Waals surface area (Å²) in [6, 6.07) is 8.12. The molecule has 1 amide bonds. The Morgan fingerprint density at radius 2 is 1.83 bits per heavy atom. The predicted molar refractivity (Wildman–Crippen MR) is 98.6 cm³/mol. The number of fused-ring (bicyclic) bond motifs is 1. The number of thiocarbonyl (C=S) groups is 1. The fraction of sp³-hybridized carbons (Fsp3) is 0.529. The molecule has 3 fully saturated rings. The fourth-order valence-electron chi connectivity index (χ4n) is 3.87. The number of thioether (sulfide) groups is 1. The number of benzene rings is 1. The quantitative estimate of drug-likeness (QED) is 0.731. The molecule has 1 aliphatic carbocycles. The van der Waals surface area contributed by atoms with Crippen LogP contribution in [0.15, 0.2) is 24.3 Å². The molecule has 0 unspecified atom stereocenters. The summed E-state index contributed by atoms with van der Waals surface area (Å²) in [5.74, 6) is 1.03. The largest absolute Gasteiger partial charge is 0.320 e. The van der Waals surface area contributed by atoms with Crippen LogP contribution in [0, 0.1) is 0 Å². The first-order valence-electron chi connectivity index (χ1n) is 8.19. The molecule has 0 spiro atoms. The summed E-state index contributed by atoms with van der Waals surface area (Å²) >= 11 is 13.5. The molecule has 0 aromatic heterocycles. The number of carbonyl (C=O) groups excluding carboxylic acids is 1. The van der Waals surface area contributed by atoms with Gasteiger partial charge in [-0.2, -0.15) is 0 Å². The number of hydrogen-bond donors (Lipinski definition) is 0. The van der Waals surface area contributed by atoms with Gasteiger partial charge in [0.15, 0.2) is 5.11 Å². The van der Waals surface area contributed by atoms with E-state index in [1.807, 2.05) is 29.2 Å². The minimum Gasteiger partial charge on any atom is -0.320 e. The lowest BCUT2D eigenvalue weighted by Crippen LogP contribution is -2.42. The van der Waals surface area contributed by atoms with Crippen LogP contribution in [0.4, 0.5) is 0 Å². The first-order valence-corrected chi connectivity index (χ1v) is 10.0. The number of hydrogen-bond acceptors (Lipinski definition) is 3. The highest BCUT2D eigenvalue weighted by Crippen LogP contribution is 2.46. The summed E-state index contributed by atoms with van der Waals surface area (Å²) in [5, 5.41) is 1.59. The van der Waals surface area contributed by atoms with Crippen molar-refractivity contribution >= 4 is 46.6 Å². The van der Waals surface area contributed by atoms with Crippen LogP contribution in [-0.2, 0) is 4.79 Å². The summed E-state index contributed by atoms with van der Waals surface area (Å²) in [7, 11) is 0. The molecule has 1 aromatic carbocycles. The van der Waals surface area contributed by atoms with Crippen LogP contribution >= 0.6 is 35.6 Å². The Morgan fingerprint density at radius 1 is 1.13 bits per heavy atom. The summed E-state index contributed by atoms with van der Waals surface area (Å²) in [4.78, 5) is 17.0. The Kier molecular flexibility index (Phi) is 4.28. The molecular weight excluding hydrogens is 348 g/mol. The molecule has 2 saturated heterocycles. The standard InChI is InChI=1S/C17H19ClN2OS2/c18-12-8-6-11(7-9-12)16-20-14(10-23-16)15(21)19(17(20)22)13-4-2-1-3-5-13/h6-9,13-14,16H,1-5,10H2/t14-,16-/m0/s1. The molecular formula is C17H19ClN2OS2. The van der Waals surface area contributed by atoms with Gasteiger partial charge in [-0.25, -0.2) is 0 Å². The Labute approximate surface area is 151 Å². The molecule has 1 aromatic rings. The molecule has 3 nitrogen and oxygen atoms in total. The second-order valence-corrected chi connectivity index (χ2v) is 8.36. The third-order valence-corrected chi connectivity index (χ3v) is 7.03. The van der Waals surface area contributed by atoms with Crippen molar-refractivity contribution in [1.29, 1.82) is 0 Å².